The summed E-state index contributed by atoms with van der Waals surface area (Å²) in [5.74, 6) is 0. The zero-order valence-corrected chi connectivity index (χ0v) is 9.72. The van der Waals surface area contributed by atoms with Gasteiger partial charge in [-0.1, -0.05) is 37.6 Å². The van der Waals surface area contributed by atoms with Crippen molar-refractivity contribution in [2.75, 3.05) is 0 Å². The molecule has 0 aliphatic heterocycles. The van der Waals surface area contributed by atoms with E-state index in [2.05, 4.69) is 6.92 Å². The Morgan fingerprint density at radius 3 is 2.20 bits per heavy atom. The molecule has 4 heteroatoms. The molecular weight excluding hydrogens is 215 g/mol. The second kappa shape index (κ2) is 4.75. The van der Waals surface area contributed by atoms with E-state index >= 15 is 0 Å². The summed E-state index contributed by atoms with van der Waals surface area (Å²) in [5, 5.41) is -1.08. The lowest BCUT2D eigenvalue weighted by Gasteiger charge is -2.07. The molecule has 0 fully saturated rings. The van der Waals surface area contributed by atoms with Crippen LogP contribution in [-0.4, -0.2) is 8.42 Å². The van der Waals surface area contributed by atoms with Crippen LogP contribution in [0.4, 0.5) is 3.89 Å². The second-order valence-corrected chi connectivity index (χ2v) is 5.27. The van der Waals surface area contributed by atoms with Crippen molar-refractivity contribution in [3.8, 4) is 0 Å². The van der Waals surface area contributed by atoms with Gasteiger partial charge >= 0.3 is 10.2 Å². The van der Waals surface area contributed by atoms with E-state index in [0.717, 1.165) is 18.4 Å². The van der Waals surface area contributed by atoms with Crippen molar-refractivity contribution in [2.45, 2.75) is 31.9 Å². The third-order valence-corrected chi connectivity index (χ3v) is 3.53. The molecule has 0 aromatic heterocycles. The molecule has 0 amide bonds. The largest absolute Gasteiger partial charge is 0.309 e. The molecule has 1 aromatic carbocycles. The molecular formula is C11H15FO2S. The van der Waals surface area contributed by atoms with E-state index < -0.39 is 15.5 Å². The van der Waals surface area contributed by atoms with E-state index in [-0.39, 0.29) is 0 Å². The molecule has 0 bridgehead atoms. The lowest BCUT2D eigenvalue weighted by atomic mass is 10.1. The summed E-state index contributed by atoms with van der Waals surface area (Å²) in [4.78, 5) is 0. The summed E-state index contributed by atoms with van der Waals surface area (Å²) >= 11 is 0. The van der Waals surface area contributed by atoms with E-state index in [9.17, 15) is 12.3 Å². The molecule has 0 spiro atoms. The lowest BCUT2D eigenvalue weighted by molar-refractivity contribution is 0.540. The van der Waals surface area contributed by atoms with Crippen LogP contribution >= 0.6 is 0 Å². The molecule has 2 nitrogen and oxygen atoms in total. The van der Waals surface area contributed by atoms with Gasteiger partial charge in [0.25, 0.3) is 0 Å². The molecule has 1 atom stereocenters. The number of benzene rings is 1. The minimum atomic E-state index is -4.48. The van der Waals surface area contributed by atoms with Gasteiger partial charge in [0.15, 0.2) is 0 Å². The summed E-state index contributed by atoms with van der Waals surface area (Å²) < 4.78 is 34.0. The van der Waals surface area contributed by atoms with E-state index in [1.165, 1.54) is 6.92 Å². The zero-order valence-electron chi connectivity index (χ0n) is 8.90. The number of halogens is 1. The first-order valence-corrected chi connectivity index (χ1v) is 6.42. The molecule has 0 aliphatic carbocycles. The maximum absolute atomic E-state index is 12.7. The van der Waals surface area contributed by atoms with Crippen molar-refractivity contribution in [1.82, 2.24) is 0 Å². The van der Waals surface area contributed by atoms with Gasteiger partial charge in [0.1, 0.15) is 5.25 Å². The fourth-order valence-corrected chi connectivity index (χ4v) is 1.89. The van der Waals surface area contributed by atoms with Gasteiger partial charge < -0.3 is 0 Å². The SMILES string of the molecule is CCCc1ccc(C(C)S(=O)(=O)F)cc1. The van der Waals surface area contributed by atoms with Gasteiger partial charge in [-0.2, -0.15) is 8.42 Å². The van der Waals surface area contributed by atoms with Crippen LogP contribution in [0.2, 0.25) is 0 Å². The molecule has 1 rings (SSSR count). The van der Waals surface area contributed by atoms with Crippen LogP contribution in [0.3, 0.4) is 0 Å². The molecule has 0 N–H and O–H groups in total. The van der Waals surface area contributed by atoms with Crippen LogP contribution in [0.15, 0.2) is 24.3 Å². The summed E-state index contributed by atoms with van der Waals surface area (Å²) in [7, 11) is -4.48. The molecule has 0 heterocycles. The molecule has 0 aliphatic rings. The van der Waals surface area contributed by atoms with Gasteiger partial charge in [0, 0.05) is 0 Å². The highest BCUT2D eigenvalue weighted by Crippen LogP contribution is 2.23. The molecule has 0 radical (unpaired) electrons. The van der Waals surface area contributed by atoms with Crippen LogP contribution < -0.4 is 0 Å². The average molecular weight is 230 g/mol. The maximum atomic E-state index is 12.7. The van der Waals surface area contributed by atoms with Gasteiger partial charge in [0.05, 0.1) is 0 Å². The number of aryl methyl sites for hydroxylation is 1. The van der Waals surface area contributed by atoms with Gasteiger partial charge in [0.2, 0.25) is 0 Å². The van der Waals surface area contributed by atoms with Crippen LogP contribution in [0.25, 0.3) is 0 Å². The Morgan fingerprint density at radius 1 is 1.27 bits per heavy atom. The highest BCUT2D eigenvalue weighted by Gasteiger charge is 2.20. The van der Waals surface area contributed by atoms with Crippen LogP contribution in [0.1, 0.15) is 36.6 Å². The minimum absolute atomic E-state index is 0.498. The predicted molar refractivity (Wildman–Crippen MR) is 58.9 cm³/mol. The van der Waals surface area contributed by atoms with Gasteiger partial charge in [-0.25, -0.2) is 0 Å². The van der Waals surface area contributed by atoms with Gasteiger partial charge in [-0.15, -0.1) is 3.89 Å². The standard InChI is InChI=1S/C11H15FO2S/c1-3-4-10-5-7-11(8-6-10)9(2)15(12,13)14/h5-9H,3-4H2,1-2H3. The Labute approximate surface area is 90.3 Å². The van der Waals surface area contributed by atoms with Crippen molar-refractivity contribution in [2.24, 2.45) is 0 Å². The fraction of sp³-hybridized carbons (Fsp3) is 0.455. The number of hydrogen-bond acceptors (Lipinski definition) is 2. The number of rotatable bonds is 4. The Morgan fingerprint density at radius 2 is 1.80 bits per heavy atom. The zero-order chi connectivity index (χ0) is 11.5. The van der Waals surface area contributed by atoms with E-state index in [1.54, 1.807) is 12.1 Å². The number of hydrogen-bond donors (Lipinski definition) is 0. The van der Waals surface area contributed by atoms with E-state index in [4.69, 9.17) is 0 Å². The molecule has 0 saturated carbocycles. The minimum Gasteiger partial charge on any atom is -0.194 e. The van der Waals surface area contributed by atoms with Gasteiger partial charge in [-0.3, -0.25) is 0 Å². The van der Waals surface area contributed by atoms with E-state index in [1.807, 2.05) is 12.1 Å². The Hall–Kier alpha value is -0.900. The quantitative estimate of drug-likeness (QED) is 0.745. The lowest BCUT2D eigenvalue weighted by Crippen LogP contribution is -2.03. The Bertz CT molecular complexity index is 409. The molecule has 15 heavy (non-hydrogen) atoms. The fourth-order valence-electron chi connectivity index (χ4n) is 1.41. The second-order valence-electron chi connectivity index (χ2n) is 3.61. The molecule has 1 unspecified atom stereocenters. The van der Waals surface area contributed by atoms with Crippen LogP contribution in [0, 0.1) is 0 Å². The highest BCUT2D eigenvalue weighted by atomic mass is 32.3. The highest BCUT2D eigenvalue weighted by molar-refractivity contribution is 7.86. The summed E-state index contributed by atoms with van der Waals surface area (Å²) in [6, 6.07) is 7.04. The first-order valence-electron chi connectivity index (χ1n) is 4.97. The predicted octanol–water partition coefficient (Wildman–Crippen LogP) is 3.00. The van der Waals surface area contributed by atoms with Gasteiger partial charge in [-0.05, 0) is 24.5 Å². The topological polar surface area (TPSA) is 34.1 Å². The molecule has 1 aromatic rings. The normalized spacial score (nSPS) is 13.8. The molecule has 0 saturated heterocycles. The van der Waals surface area contributed by atoms with Crippen molar-refractivity contribution in [1.29, 1.82) is 0 Å². The Balaban J connectivity index is 2.89. The third-order valence-electron chi connectivity index (χ3n) is 2.41. The van der Waals surface area contributed by atoms with Crippen LogP contribution in [-0.2, 0) is 16.6 Å². The third kappa shape index (κ3) is 3.30. The molecule has 84 valence electrons. The van der Waals surface area contributed by atoms with Crippen molar-refractivity contribution >= 4 is 10.2 Å². The van der Waals surface area contributed by atoms with Crippen molar-refractivity contribution < 1.29 is 12.3 Å². The summed E-state index contributed by atoms with van der Waals surface area (Å²) in [6.45, 7) is 3.42. The Kier molecular flexibility index (Phi) is 3.85. The monoisotopic (exact) mass is 230 g/mol. The summed E-state index contributed by atoms with van der Waals surface area (Å²) in [6.07, 6.45) is 1.99. The average Bonchev–Trinajstić information content (AvgIpc) is 2.17. The first kappa shape index (κ1) is 12.2. The van der Waals surface area contributed by atoms with E-state index in [0.29, 0.717) is 5.56 Å². The van der Waals surface area contributed by atoms with Crippen molar-refractivity contribution in [3.05, 3.63) is 35.4 Å². The van der Waals surface area contributed by atoms with Crippen molar-refractivity contribution in [3.63, 3.8) is 0 Å². The van der Waals surface area contributed by atoms with Crippen LogP contribution in [0.5, 0.6) is 0 Å². The smallest absolute Gasteiger partial charge is 0.194 e. The summed E-state index contributed by atoms with van der Waals surface area (Å²) in [5.41, 5.74) is 1.64. The first-order chi connectivity index (χ1) is 6.95. The maximum Gasteiger partial charge on any atom is 0.309 e.